The summed E-state index contributed by atoms with van der Waals surface area (Å²) in [7, 11) is 0. The molecule has 5 heteroatoms. The van der Waals surface area contributed by atoms with Gasteiger partial charge in [-0.25, -0.2) is 0 Å². The van der Waals surface area contributed by atoms with Gasteiger partial charge in [0.25, 0.3) is 0 Å². The van der Waals surface area contributed by atoms with Gasteiger partial charge < -0.3 is 9.97 Å². The quantitative estimate of drug-likeness (QED) is 0.224. The zero-order chi connectivity index (χ0) is 18.5. The molecular formula is C22H13Br3N2. The first kappa shape index (κ1) is 17.3. The van der Waals surface area contributed by atoms with Crippen LogP contribution in [0.5, 0.6) is 0 Å². The van der Waals surface area contributed by atoms with E-state index in [-0.39, 0.29) is 0 Å². The average Bonchev–Trinajstić information content (AvgIpc) is 3.25. The predicted molar refractivity (Wildman–Crippen MR) is 124 cm³/mol. The summed E-state index contributed by atoms with van der Waals surface area (Å²) in [6.45, 7) is 0. The molecule has 0 fully saturated rings. The first-order chi connectivity index (χ1) is 13.1. The Morgan fingerprint density at radius 3 is 1.56 bits per heavy atom. The number of hydrogen-bond acceptors (Lipinski definition) is 0. The average molecular weight is 545 g/mol. The van der Waals surface area contributed by atoms with Gasteiger partial charge >= 0.3 is 0 Å². The number of H-pyrrole nitrogens is 2. The van der Waals surface area contributed by atoms with E-state index in [1.54, 1.807) is 0 Å². The van der Waals surface area contributed by atoms with E-state index in [0.29, 0.717) is 0 Å². The number of nitrogens with one attached hydrogen (secondary N) is 2. The summed E-state index contributed by atoms with van der Waals surface area (Å²) in [4.78, 5) is 6.80. The molecule has 0 amide bonds. The second-order valence-electron chi connectivity index (χ2n) is 6.47. The highest BCUT2D eigenvalue weighted by molar-refractivity contribution is 9.11. The van der Waals surface area contributed by atoms with Crippen LogP contribution in [0, 0.1) is 0 Å². The number of aromatic amines is 2. The fraction of sp³-hybridized carbons (Fsp3) is 0. The molecule has 0 unspecified atom stereocenters. The van der Waals surface area contributed by atoms with Crippen molar-refractivity contribution in [1.82, 2.24) is 9.97 Å². The molecule has 27 heavy (non-hydrogen) atoms. The zero-order valence-electron chi connectivity index (χ0n) is 14.0. The van der Waals surface area contributed by atoms with Crippen LogP contribution in [0.2, 0.25) is 0 Å². The van der Waals surface area contributed by atoms with Crippen LogP contribution in [0.15, 0.2) is 80.4 Å². The summed E-state index contributed by atoms with van der Waals surface area (Å²) in [5.41, 5.74) is 7.02. The molecule has 0 atom stereocenters. The van der Waals surface area contributed by atoms with Crippen LogP contribution in [0.1, 0.15) is 0 Å². The SMILES string of the molecule is Brc1ccc(-c2c[nH]c3ccc(Br)cc23)c(-c2c[nH]c3ccc(Br)cc23)c1. The van der Waals surface area contributed by atoms with Crippen molar-refractivity contribution >= 4 is 69.6 Å². The lowest BCUT2D eigenvalue weighted by molar-refractivity contribution is 1.46. The van der Waals surface area contributed by atoms with Crippen LogP contribution in [0.4, 0.5) is 0 Å². The van der Waals surface area contributed by atoms with E-state index in [1.807, 2.05) is 0 Å². The lowest BCUT2D eigenvalue weighted by atomic mass is 9.94. The lowest BCUT2D eigenvalue weighted by Gasteiger charge is -2.10. The molecule has 132 valence electrons. The Hall–Kier alpha value is -1.82. The van der Waals surface area contributed by atoms with Gasteiger partial charge in [0, 0.05) is 58.7 Å². The van der Waals surface area contributed by atoms with Gasteiger partial charge in [-0.2, -0.15) is 0 Å². The molecule has 3 aromatic carbocycles. The molecule has 2 N–H and O–H groups in total. The Bertz CT molecular complexity index is 1310. The van der Waals surface area contributed by atoms with Gasteiger partial charge in [0.1, 0.15) is 0 Å². The predicted octanol–water partition coefficient (Wildman–Crippen LogP) is 8.27. The Morgan fingerprint density at radius 2 is 0.963 bits per heavy atom. The Labute approximate surface area is 181 Å². The number of hydrogen-bond donors (Lipinski definition) is 2. The molecule has 2 aromatic heterocycles. The molecule has 5 rings (SSSR count). The number of rotatable bonds is 2. The van der Waals surface area contributed by atoms with Gasteiger partial charge in [0.2, 0.25) is 0 Å². The molecule has 0 aliphatic heterocycles. The van der Waals surface area contributed by atoms with E-state index in [0.717, 1.165) is 24.5 Å². The highest BCUT2D eigenvalue weighted by Gasteiger charge is 2.15. The lowest BCUT2D eigenvalue weighted by Crippen LogP contribution is -1.84. The maximum Gasteiger partial charge on any atom is 0.0461 e. The molecule has 0 aliphatic rings. The number of benzene rings is 3. The smallest absolute Gasteiger partial charge is 0.0461 e. The fourth-order valence-electron chi connectivity index (χ4n) is 3.61. The number of aromatic nitrogens is 2. The Morgan fingerprint density at radius 1 is 0.481 bits per heavy atom. The first-order valence-electron chi connectivity index (χ1n) is 8.44. The molecule has 0 aliphatic carbocycles. The van der Waals surface area contributed by atoms with Gasteiger partial charge in [0.15, 0.2) is 0 Å². The fourth-order valence-corrected chi connectivity index (χ4v) is 4.69. The molecular weight excluding hydrogens is 532 g/mol. The normalized spacial score (nSPS) is 11.5. The van der Waals surface area contributed by atoms with Crippen LogP contribution < -0.4 is 0 Å². The maximum absolute atomic E-state index is 3.65. The van der Waals surface area contributed by atoms with Crippen molar-refractivity contribution in [3.8, 4) is 22.3 Å². The van der Waals surface area contributed by atoms with Gasteiger partial charge in [-0.05, 0) is 59.7 Å². The van der Waals surface area contributed by atoms with Gasteiger partial charge in [-0.3, -0.25) is 0 Å². The molecule has 2 nitrogen and oxygen atoms in total. The monoisotopic (exact) mass is 542 g/mol. The van der Waals surface area contributed by atoms with Gasteiger partial charge in [0.05, 0.1) is 0 Å². The van der Waals surface area contributed by atoms with Crippen molar-refractivity contribution < 1.29 is 0 Å². The van der Waals surface area contributed by atoms with E-state index in [9.17, 15) is 0 Å². The molecule has 0 radical (unpaired) electrons. The zero-order valence-corrected chi connectivity index (χ0v) is 18.7. The first-order valence-corrected chi connectivity index (χ1v) is 10.8. The third-order valence-electron chi connectivity index (χ3n) is 4.85. The minimum atomic E-state index is 1.06. The highest BCUT2D eigenvalue weighted by Crippen LogP contribution is 2.41. The van der Waals surface area contributed by atoms with Gasteiger partial charge in [-0.1, -0.05) is 53.9 Å². The summed E-state index contributed by atoms with van der Waals surface area (Å²) in [6, 6.07) is 19.1. The summed E-state index contributed by atoms with van der Waals surface area (Å²) in [5, 5.41) is 2.40. The van der Waals surface area contributed by atoms with E-state index < -0.39 is 0 Å². The molecule has 0 saturated carbocycles. The number of halogens is 3. The molecule has 0 bridgehead atoms. The third kappa shape index (κ3) is 2.98. The molecule has 0 spiro atoms. The van der Waals surface area contributed by atoms with Crippen LogP contribution >= 0.6 is 47.8 Å². The van der Waals surface area contributed by atoms with Crippen molar-refractivity contribution in [2.75, 3.05) is 0 Å². The second-order valence-corrected chi connectivity index (χ2v) is 9.22. The molecule has 5 aromatic rings. The van der Waals surface area contributed by atoms with Crippen molar-refractivity contribution in [3.05, 3.63) is 80.4 Å². The summed E-state index contributed by atoms with van der Waals surface area (Å²) in [6.07, 6.45) is 4.18. The van der Waals surface area contributed by atoms with Crippen molar-refractivity contribution in [2.24, 2.45) is 0 Å². The van der Waals surface area contributed by atoms with Crippen molar-refractivity contribution in [2.45, 2.75) is 0 Å². The van der Waals surface area contributed by atoms with Crippen LogP contribution in [0.3, 0.4) is 0 Å². The van der Waals surface area contributed by atoms with Crippen molar-refractivity contribution in [1.29, 1.82) is 0 Å². The Kier molecular flexibility index (Phi) is 4.26. The van der Waals surface area contributed by atoms with E-state index in [1.165, 1.54) is 33.0 Å². The minimum Gasteiger partial charge on any atom is -0.361 e. The van der Waals surface area contributed by atoms with Crippen LogP contribution in [-0.2, 0) is 0 Å². The summed E-state index contributed by atoms with van der Waals surface area (Å²) >= 11 is 10.9. The van der Waals surface area contributed by atoms with E-state index in [2.05, 4.69) is 125 Å². The van der Waals surface area contributed by atoms with Crippen LogP contribution in [-0.4, -0.2) is 9.97 Å². The standard InChI is InChI=1S/C22H13Br3N2/c23-12-1-4-15(19-10-26-21-5-2-13(24)8-17(19)21)16(7-12)20-11-27-22-6-3-14(25)9-18(20)22/h1-11,26-27H. The summed E-state index contributed by atoms with van der Waals surface area (Å²) < 4.78 is 3.21. The molecule has 2 heterocycles. The maximum atomic E-state index is 3.65. The molecule has 0 saturated heterocycles. The van der Waals surface area contributed by atoms with Crippen molar-refractivity contribution in [3.63, 3.8) is 0 Å². The number of fused-ring (bicyclic) bond motifs is 2. The van der Waals surface area contributed by atoms with Crippen LogP contribution in [0.25, 0.3) is 44.1 Å². The summed E-state index contributed by atoms with van der Waals surface area (Å²) in [5.74, 6) is 0. The van der Waals surface area contributed by atoms with E-state index in [4.69, 9.17) is 0 Å². The largest absolute Gasteiger partial charge is 0.361 e. The van der Waals surface area contributed by atoms with E-state index >= 15 is 0 Å². The highest BCUT2D eigenvalue weighted by atomic mass is 79.9. The van der Waals surface area contributed by atoms with Gasteiger partial charge in [-0.15, -0.1) is 0 Å². The minimum absolute atomic E-state index is 1.06. The topological polar surface area (TPSA) is 31.6 Å². The Balaban J connectivity index is 1.82. The third-order valence-corrected chi connectivity index (χ3v) is 6.33. The second kappa shape index (κ2) is 6.66.